The maximum atomic E-state index is 11.9. The molecule has 0 bridgehead atoms. The molecule has 0 aliphatic carbocycles. The lowest BCUT2D eigenvalue weighted by molar-refractivity contribution is -0.146. The average molecular weight is 261 g/mol. The first-order valence-electron chi connectivity index (χ1n) is 5.50. The van der Waals surface area contributed by atoms with Crippen LogP contribution in [0.4, 0.5) is 4.79 Å². The predicted molar refractivity (Wildman–Crippen MR) is 66.1 cm³/mol. The van der Waals surface area contributed by atoms with Crippen LogP contribution in [0.5, 0.6) is 0 Å². The Morgan fingerprint density at radius 1 is 1.35 bits per heavy atom. The fourth-order valence-electron chi connectivity index (χ4n) is 1.47. The van der Waals surface area contributed by atoms with E-state index >= 15 is 0 Å². The number of ether oxygens (including phenoxy) is 2. The van der Waals surface area contributed by atoms with E-state index in [1.165, 1.54) is 12.0 Å². The number of thioether (sulfide) groups is 1. The number of hydrogen-bond donors (Lipinski definition) is 0. The van der Waals surface area contributed by atoms with Gasteiger partial charge in [-0.15, -0.1) is 0 Å². The third kappa shape index (κ3) is 4.11. The fourth-order valence-corrected chi connectivity index (χ4v) is 2.51. The van der Waals surface area contributed by atoms with E-state index in [1.807, 2.05) is 0 Å². The fraction of sp³-hybridized carbons (Fsp3) is 0.818. The van der Waals surface area contributed by atoms with Gasteiger partial charge in [0.15, 0.2) is 0 Å². The van der Waals surface area contributed by atoms with Crippen molar-refractivity contribution in [2.24, 2.45) is 0 Å². The first-order chi connectivity index (χ1) is 7.85. The Hall–Kier alpha value is -0.910. The number of amides is 1. The first-order valence-corrected chi connectivity index (χ1v) is 6.66. The highest BCUT2D eigenvalue weighted by Gasteiger charge is 2.35. The van der Waals surface area contributed by atoms with Crippen LogP contribution < -0.4 is 0 Å². The van der Waals surface area contributed by atoms with Gasteiger partial charge in [-0.1, -0.05) is 0 Å². The van der Waals surface area contributed by atoms with Crippen LogP contribution in [0.1, 0.15) is 20.8 Å². The summed E-state index contributed by atoms with van der Waals surface area (Å²) in [6.07, 6.45) is -0.451. The Balaban J connectivity index is 2.71. The second kappa shape index (κ2) is 5.62. The molecule has 1 aliphatic heterocycles. The average Bonchev–Trinajstić information content (AvgIpc) is 2.25. The molecule has 0 aromatic rings. The van der Waals surface area contributed by atoms with Crippen LogP contribution in [0, 0.1) is 0 Å². The Morgan fingerprint density at radius 3 is 2.53 bits per heavy atom. The third-order valence-corrected chi connectivity index (χ3v) is 3.25. The van der Waals surface area contributed by atoms with Gasteiger partial charge in [0.05, 0.1) is 7.11 Å². The van der Waals surface area contributed by atoms with Crippen LogP contribution in [0.3, 0.4) is 0 Å². The molecule has 1 atom stereocenters. The Kier molecular flexibility index (Phi) is 4.68. The van der Waals surface area contributed by atoms with Crippen LogP contribution >= 0.6 is 11.8 Å². The summed E-state index contributed by atoms with van der Waals surface area (Å²) in [6, 6.07) is -0.534. The van der Waals surface area contributed by atoms with Crippen LogP contribution in [-0.2, 0) is 14.3 Å². The number of hydrogen-bond acceptors (Lipinski definition) is 5. The van der Waals surface area contributed by atoms with E-state index in [4.69, 9.17) is 9.47 Å². The molecule has 0 unspecified atom stereocenters. The molecule has 0 spiro atoms. The molecule has 6 heteroatoms. The number of rotatable bonds is 1. The van der Waals surface area contributed by atoms with Crippen molar-refractivity contribution in [3.05, 3.63) is 0 Å². The lowest BCUT2D eigenvalue weighted by Gasteiger charge is -2.34. The summed E-state index contributed by atoms with van der Waals surface area (Å²) < 4.78 is 9.97. The number of esters is 1. The van der Waals surface area contributed by atoms with Gasteiger partial charge in [0.1, 0.15) is 11.6 Å². The van der Waals surface area contributed by atoms with Crippen LogP contribution in [0.15, 0.2) is 0 Å². The van der Waals surface area contributed by atoms with Gasteiger partial charge in [-0.25, -0.2) is 9.59 Å². The van der Waals surface area contributed by atoms with Crippen molar-refractivity contribution in [2.45, 2.75) is 32.4 Å². The molecule has 0 aromatic heterocycles. The van der Waals surface area contributed by atoms with Gasteiger partial charge in [-0.3, -0.25) is 4.90 Å². The van der Waals surface area contributed by atoms with Crippen LogP contribution in [0.25, 0.3) is 0 Å². The van der Waals surface area contributed by atoms with E-state index in [0.717, 1.165) is 5.75 Å². The Labute approximate surface area is 106 Å². The molecule has 1 amide bonds. The maximum absolute atomic E-state index is 11.9. The van der Waals surface area contributed by atoms with Gasteiger partial charge in [0, 0.05) is 18.1 Å². The lowest BCUT2D eigenvalue weighted by atomic mass is 10.2. The number of carbonyl (C=O) groups excluding carboxylic acids is 2. The molecule has 0 radical (unpaired) electrons. The van der Waals surface area contributed by atoms with Gasteiger partial charge in [-0.2, -0.15) is 11.8 Å². The van der Waals surface area contributed by atoms with Crippen molar-refractivity contribution in [1.29, 1.82) is 0 Å². The first kappa shape index (κ1) is 14.2. The molecular formula is C11H19NO4S. The van der Waals surface area contributed by atoms with Gasteiger partial charge < -0.3 is 9.47 Å². The van der Waals surface area contributed by atoms with Crippen molar-refractivity contribution >= 4 is 23.8 Å². The Morgan fingerprint density at radius 2 is 2.00 bits per heavy atom. The number of methoxy groups -OCH3 is 1. The van der Waals surface area contributed by atoms with Crippen molar-refractivity contribution in [2.75, 3.05) is 25.2 Å². The molecule has 1 rings (SSSR count). The maximum Gasteiger partial charge on any atom is 0.411 e. The van der Waals surface area contributed by atoms with Gasteiger partial charge >= 0.3 is 12.1 Å². The minimum Gasteiger partial charge on any atom is -0.467 e. The molecule has 1 heterocycles. The summed E-state index contributed by atoms with van der Waals surface area (Å²) in [5, 5.41) is 0. The molecule has 0 N–H and O–H groups in total. The summed E-state index contributed by atoms with van der Waals surface area (Å²) >= 11 is 1.64. The van der Waals surface area contributed by atoms with Crippen molar-refractivity contribution < 1.29 is 19.1 Å². The topological polar surface area (TPSA) is 55.8 Å². The summed E-state index contributed by atoms with van der Waals surface area (Å²) in [7, 11) is 1.33. The van der Waals surface area contributed by atoms with E-state index in [-0.39, 0.29) is 5.97 Å². The van der Waals surface area contributed by atoms with Crippen molar-refractivity contribution in [3.8, 4) is 0 Å². The molecule has 98 valence electrons. The molecule has 1 saturated heterocycles. The van der Waals surface area contributed by atoms with Crippen LogP contribution in [0.2, 0.25) is 0 Å². The minimum absolute atomic E-state index is 0.386. The van der Waals surface area contributed by atoms with E-state index in [0.29, 0.717) is 12.3 Å². The monoisotopic (exact) mass is 261 g/mol. The van der Waals surface area contributed by atoms with Gasteiger partial charge in [0.25, 0.3) is 0 Å². The lowest BCUT2D eigenvalue weighted by Crippen LogP contribution is -2.52. The zero-order valence-electron chi connectivity index (χ0n) is 10.7. The second-order valence-electron chi connectivity index (χ2n) is 4.79. The quantitative estimate of drug-likeness (QED) is 0.670. The predicted octanol–water partition coefficient (Wildman–Crippen LogP) is 1.51. The summed E-state index contributed by atoms with van der Waals surface area (Å²) in [5.74, 6) is 0.988. The van der Waals surface area contributed by atoms with Gasteiger partial charge in [-0.05, 0) is 20.8 Å². The SMILES string of the molecule is COC(=O)[C@H]1CSCCN1C(=O)OC(C)(C)C. The highest BCUT2D eigenvalue weighted by molar-refractivity contribution is 7.99. The molecule has 17 heavy (non-hydrogen) atoms. The molecule has 5 nitrogen and oxygen atoms in total. The molecule has 1 aliphatic rings. The third-order valence-electron chi connectivity index (χ3n) is 2.23. The summed E-state index contributed by atoms with van der Waals surface area (Å²) in [5.41, 5.74) is -0.553. The molecule has 1 fully saturated rings. The van der Waals surface area contributed by atoms with E-state index in [1.54, 1.807) is 32.5 Å². The standard InChI is InChI=1S/C11H19NO4S/c1-11(2,3)16-10(14)12-5-6-17-7-8(12)9(13)15-4/h8H,5-7H2,1-4H3/t8-/m1/s1. The molecule has 0 saturated carbocycles. The van der Waals surface area contributed by atoms with Crippen molar-refractivity contribution in [1.82, 2.24) is 4.90 Å². The van der Waals surface area contributed by atoms with E-state index in [2.05, 4.69) is 0 Å². The number of carbonyl (C=O) groups is 2. The zero-order valence-corrected chi connectivity index (χ0v) is 11.5. The Bertz CT molecular complexity index is 300. The summed E-state index contributed by atoms with van der Waals surface area (Å²) in [6.45, 7) is 5.92. The highest BCUT2D eigenvalue weighted by atomic mass is 32.2. The van der Waals surface area contributed by atoms with E-state index in [9.17, 15) is 9.59 Å². The number of nitrogens with zero attached hydrogens (tertiary/aromatic N) is 1. The van der Waals surface area contributed by atoms with Gasteiger partial charge in [0.2, 0.25) is 0 Å². The van der Waals surface area contributed by atoms with Crippen LogP contribution in [-0.4, -0.2) is 53.8 Å². The largest absolute Gasteiger partial charge is 0.467 e. The van der Waals surface area contributed by atoms with Crippen molar-refractivity contribution in [3.63, 3.8) is 0 Å². The zero-order chi connectivity index (χ0) is 13.1. The second-order valence-corrected chi connectivity index (χ2v) is 5.94. The van der Waals surface area contributed by atoms with E-state index < -0.39 is 17.7 Å². The highest BCUT2D eigenvalue weighted by Crippen LogP contribution is 2.20. The molecular weight excluding hydrogens is 242 g/mol. The minimum atomic E-state index is -0.553. The summed E-state index contributed by atoms with van der Waals surface area (Å²) in [4.78, 5) is 24.9. The normalized spacial score (nSPS) is 20.9. The molecule has 0 aromatic carbocycles. The smallest absolute Gasteiger partial charge is 0.411 e.